The van der Waals surface area contributed by atoms with Gasteiger partial charge in [0.25, 0.3) is 0 Å². The first-order valence-electron chi connectivity index (χ1n) is 6.01. The van der Waals surface area contributed by atoms with Gasteiger partial charge in [0.2, 0.25) is 0 Å². The normalized spacial score (nSPS) is 27.9. The first kappa shape index (κ1) is 12.7. The van der Waals surface area contributed by atoms with Gasteiger partial charge in [-0.05, 0) is 40.5 Å². The Morgan fingerprint density at radius 3 is 2.33 bits per heavy atom. The van der Waals surface area contributed by atoms with Crippen molar-refractivity contribution >= 4 is 5.78 Å². The summed E-state index contributed by atoms with van der Waals surface area (Å²) in [6, 6.07) is 0. The summed E-state index contributed by atoms with van der Waals surface area (Å²) in [5.41, 5.74) is -0.426. The van der Waals surface area contributed by atoms with Crippen LogP contribution in [0.15, 0.2) is 0 Å². The minimum atomic E-state index is -0.283. The molecule has 1 heterocycles. The van der Waals surface area contributed by atoms with E-state index in [2.05, 4.69) is 20.8 Å². The summed E-state index contributed by atoms with van der Waals surface area (Å²) in [5.74, 6) is 0.464. The summed E-state index contributed by atoms with van der Waals surface area (Å²) < 4.78 is 5.93. The second kappa shape index (κ2) is 4.25. The Balaban J connectivity index is 2.65. The van der Waals surface area contributed by atoms with Crippen LogP contribution in [-0.4, -0.2) is 17.0 Å². The molecular weight excluding hydrogens is 188 g/mol. The summed E-state index contributed by atoms with van der Waals surface area (Å²) in [6.07, 6.45) is 3.67. The Bertz CT molecular complexity index is 241. The topological polar surface area (TPSA) is 26.3 Å². The van der Waals surface area contributed by atoms with Gasteiger partial charge in [0.1, 0.15) is 5.78 Å². The molecule has 1 fully saturated rings. The van der Waals surface area contributed by atoms with Crippen LogP contribution in [-0.2, 0) is 9.53 Å². The second-order valence-electron chi connectivity index (χ2n) is 5.79. The van der Waals surface area contributed by atoms with Gasteiger partial charge in [-0.1, -0.05) is 13.3 Å². The molecule has 0 saturated carbocycles. The quantitative estimate of drug-likeness (QED) is 0.714. The molecular formula is C13H24O2. The van der Waals surface area contributed by atoms with Crippen LogP contribution in [0.1, 0.15) is 60.3 Å². The summed E-state index contributed by atoms with van der Waals surface area (Å²) in [4.78, 5) is 12.0. The van der Waals surface area contributed by atoms with Gasteiger partial charge < -0.3 is 4.74 Å². The summed E-state index contributed by atoms with van der Waals surface area (Å²) >= 11 is 0. The van der Waals surface area contributed by atoms with Gasteiger partial charge in [-0.15, -0.1) is 0 Å². The summed E-state index contributed by atoms with van der Waals surface area (Å²) in [6.45, 7) is 10.3. The lowest BCUT2D eigenvalue weighted by Gasteiger charge is -2.26. The molecule has 1 unspecified atom stereocenters. The van der Waals surface area contributed by atoms with Gasteiger partial charge in [-0.25, -0.2) is 0 Å². The van der Waals surface area contributed by atoms with E-state index < -0.39 is 0 Å². The zero-order chi connectivity index (χ0) is 11.7. The minimum Gasteiger partial charge on any atom is -0.369 e. The lowest BCUT2D eigenvalue weighted by Crippen LogP contribution is -2.33. The van der Waals surface area contributed by atoms with Crippen molar-refractivity contribution in [3.63, 3.8) is 0 Å². The maximum atomic E-state index is 12.0. The fourth-order valence-corrected chi connectivity index (χ4v) is 2.59. The average Bonchev–Trinajstić information content (AvgIpc) is 2.30. The zero-order valence-electron chi connectivity index (χ0n) is 10.7. The number of hydrogen-bond acceptors (Lipinski definition) is 2. The smallest absolute Gasteiger partial charge is 0.138 e. The van der Waals surface area contributed by atoms with Crippen LogP contribution in [0, 0.1) is 5.92 Å². The van der Waals surface area contributed by atoms with Crippen LogP contribution in [0.25, 0.3) is 0 Å². The molecule has 1 aliphatic heterocycles. The van der Waals surface area contributed by atoms with Gasteiger partial charge >= 0.3 is 0 Å². The van der Waals surface area contributed by atoms with Crippen molar-refractivity contribution in [3.8, 4) is 0 Å². The Labute approximate surface area is 93.4 Å². The molecule has 1 rings (SSSR count). The second-order valence-corrected chi connectivity index (χ2v) is 5.79. The molecule has 0 amide bonds. The Morgan fingerprint density at radius 1 is 1.33 bits per heavy atom. The molecule has 0 aromatic carbocycles. The first-order chi connectivity index (χ1) is 6.78. The van der Waals surface area contributed by atoms with E-state index in [9.17, 15) is 4.79 Å². The molecule has 2 heteroatoms. The first-order valence-corrected chi connectivity index (χ1v) is 6.01. The SMILES string of the molecule is CCCCC(=O)C1CC(C)(C)OC1(C)C. The number of ketones is 1. The van der Waals surface area contributed by atoms with Crippen LogP contribution in [0.4, 0.5) is 0 Å². The number of carbonyl (C=O) groups excluding carboxylic acids is 1. The number of unbranched alkanes of at least 4 members (excludes halogenated alkanes) is 1. The number of Topliss-reactive ketones (excluding diaryl/α,β-unsaturated/α-hetero) is 1. The van der Waals surface area contributed by atoms with Gasteiger partial charge in [0, 0.05) is 12.3 Å². The van der Waals surface area contributed by atoms with E-state index in [1.807, 2.05) is 13.8 Å². The molecule has 0 bridgehead atoms. The summed E-state index contributed by atoms with van der Waals surface area (Å²) in [5, 5.41) is 0. The predicted octanol–water partition coefficient (Wildman–Crippen LogP) is 3.34. The van der Waals surface area contributed by atoms with Crippen molar-refractivity contribution in [1.82, 2.24) is 0 Å². The standard InChI is InChI=1S/C13H24O2/c1-6-7-8-11(14)10-9-12(2,3)15-13(10,4)5/h10H,6-9H2,1-5H3. The Hall–Kier alpha value is -0.370. The van der Waals surface area contributed by atoms with Crippen molar-refractivity contribution in [3.05, 3.63) is 0 Å². The number of ether oxygens (including phenoxy) is 1. The van der Waals surface area contributed by atoms with Crippen molar-refractivity contribution in [2.75, 3.05) is 0 Å². The zero-order valence-corrected chi connectivity index (χ0v) is 10.7. The number of hydrogen-bond donors (Lipinski definition) is 0. The maximum Gasteiger partial charge on any atom is 0.138 e. The number of carbonyl (C=O) groups is 1. The largest absolute Gasteiger partial charge is 0.369 e. The van der Waals surface area contributed by atoms with Gasteiger partial charge in [-0.3, -0.25) is 4.79 Å². The van der Waals surface area contributed by atoms with Gasteiger partial charge in [-0.2, -0.15) is 0 Å². The molecule has 1 atom stereocenters. The van der Waals surface area contributed by atoms with Crippen LogP contribution < -0.4 is 0 Å². The van der Waals surface area contributed by atoms with Gasteiger partial charge in [0.05, 0.1) is 11.2 Å². The molecule has 1 saturated heterocycles. The third kappa shape index (κ3) is 3.04. The molecule has 0 N–H and O–H groups in total. The average molecular weight is 212 g/mol. The summed E-state index contributed by atoms with van der Waals surface area (Å²) in [7, 11) is 0. The van der Waals surface area contributed by atoms with Gasteiger partial charge in [0.15, 0.2) is 0 Å². The van der Waals surface area contributed by atoms with E-state index in [-0.39, 0.29) is 17.1 Å². The highest BCUT2D eigenvalue weighted by Crippen LogP contribution is 2.42. The predicted molar refractivity (Wildman–Crippen MR) is 61.9 cm³/mol. The molecule has 0 radical (unpaired) electrons. The molecule has 15 heavy (non-hydrogen) atoms. The van der Waals surface area contributed by atoms with E-state index in [4.69, 9.17) is 4.74 Å². The highest BCUT2D eigenvalue weighted by molar-refractivity contribution is 5.82. The Kier molecular flexibility index (Phi) is 3.59. The van der Waals surface area contributed by atoms with Crippen molar-refractivity contribution < 1.29 is 9.53 Å². The fraction of sp³-hybridized carbons (Fsp3) is 0.923. The van der Waals surface area contributed by atoms with Crippen LogP contribution in [0.3, 0.4) is 0 Å². The molecule has 88 valence electrons. The Morgan fingerprint density at radius 2 is 1.93 bits per heavy atom. The number of rotatable bonds is 4. The monoisotopic (exact) mass is 212 g/mol. The van der Waals surface area contributed by atoms with E-state index in [1.165, 1.54) is 0 Å². The highest BCUT2D eigenvalue weighted by Gasteiger charge is 2.48. The molecule has 1 aliphatic rings. The third-order valence-electron chi connectivity index (χ3n) is 3.24. The van der Waals surface area contributed by atoms with E-state index in [1.54, 1.807) is 0 Å². The van der Waals surface area contributed by atoms with E-state index in [0.717, 1.165) is 19.3 Å². The van der Waals surface area contributed by atoms with E-state index >= 15 is 0 Å². The van der Waals surface area contributed by atoms with Crippen LogP contribution in [0.2, 0.25) is 0 Å². The van der Waals surface area contributed by atoms with Crippen LogP contribution in [0.5, 0.6) is 0 Å². The molecule has 0 aliphatic carbocycles. The third-order valence-corrected chi connectivity index (χ3v) is 3.24. The fourth-order valence-electron chi connectivity index (χ4n) is 2.59. The molecule has 2 nitrogen and oxygen atoms in total. The molecule has 0 spiro atoms. The van der Waals surface area contributed by atoms with E-state index in [0.29, 0.717) is 12.2 Å². The van der Waals surface area contributed by atoms with Crippen molar-refractivity contribution in [2.45, 2.75) is 71.5 Å². The van der Waals surface area contributed by atoms with Crippen LogP contribution >= 0.6 is 0 Å². The highest BCUT2D eigenvalue weighted by atomic mass is 16.5. The molecule has 0 aromatic rings. The maximum absolute atomic E-state index is 12.0. The van der Waals surface area contributed by atoms with Crippen molar-refractivity contribution in [2.24, 2.45) is 5.92 Å². The lowest BCUT2D eigenvalue weighted by molar-refractivity contribution is -0.129. The molecule has 0 aromatic heterocycles. The lowest BCUT2D eigenvalue weighted by atomic mass is 9.82. The minimum absolute atomic E-state index is 0.0825. The van der Waals surface area contributed by atoms with Crippen molar-refractivity contribution in [1.29, 1.82) is 0 Å².